The Morgan fingerprint density at radius 1 is 0.247 bits per heavy atom. The van der Waals surface area contributed by atoms with Gasteiger partial charge in [0.15, 0.2) is 0 Å². The topological polar surface area (TPSA) is 0 Å². The molecule has 0 aromatic carbocycles. The third-order valence-electron chi connectivity index (χ3n) is 2.36. The Morgan fingerprint density at radius 2 is 0.356 bits per heavy atom. The summed E-state index contributed by atoms with van der Waals surface area (Å²) in [5.74, 6) is -1.34. The predicted octanol–water partition coefficient (Wildman–Crippen LogP) is 44.8. The fraction of sp³-hybridized carbons (Fsp3) is 1.00. The molecule has 0 aromatic heterocycles. The van der Waals surface area contributed by atoms with Crippen LogP contribution in [-0.4, -0.2) is 6.16 Å². The quantitative estimate of drug-likeness (QED) is 0.0202. The summed E-state index contributed by atoms with van der Waals surface area (Å²) in [5, 5.41) is 0. The van der Waals surface area contributed by atoms with Gasteiger partial charge in [-0.2, -0.15) is 0 Å². The molecular formula is C2H6IPS69. The van der Waals surface area contributed by atoms with E-state index in [4.69, 9.17) is 22.4 Å². The normalized spacial score (nSPS) is 12.2. The van der Waals surface area contributed by atoms with Crippen LogP contribution >= 0.6 is 676 Å². The fourth-order valence-electron chi connectivity index (χ4n) is 0.942. The van der Waals surface area contributed by atoms with Crippen LogP contribution in [0.1, 0.15) is 6.92 Å². The molecule has 440 valence electrons. The van der Waals surface area contributed by atoms with E-state index < -0.39 is 5.80 Å². The van der Waals surface area contributed by atoms with E-state index in [1.807, 2.05) is 521 Å². The summed E-state index contributed by atoms with van der Waals surface area (Å²) >= 11 is 17.8. The standard InChI is InChI=1S/C2H6IPS69/c1-2-4(3)73(6,7)72-71-70-69-68-67-66-65-64-63-62-61-60-59-58-57-56-55-54-53-52-51-50-49-48-47-46-45-44-43-42-41-40-39-38-37-36-35-34-33-32-31-30-29-28-27-26-25-24-23-22-21-20-19-18-17-16-15-14-13-12-11-10-9-8-5/h5H,2H2,1H3. The van der Waals surface area contributed by atoms with Crippen LogP contribution in [0.25, 0.3) is 0 Å². The third kappa shape index (κ3) is 87.5. The molecule has 0 saturated heterocycles. The molecule has 0 aromatic rings. The van der Waals surface area contributed by atoms with Crippen LogP contribution < -0.4 is 0 Å². The van der Waals surface area contributed by atoms with Gasteiger partial charge in [-0.1, -0.05) is 11.7 Å². The van der Waals surface area contributed by atoms with Gasteiger partial charge in [0, 0.05) is 462 Å². The Balaban J connectivity index is 3.11. The Hall–Kier alpha value is 24.9. The average Bonchev–Trinajstić information content (AvgIpc) is 3.39. The Kier molecular flexibility index (Phi) is 120. The maximum atomic E-state index is 5.64. The van der Waals surface area contributed by atoms with Crippen molar-refractivity contribution in [1.82, 2.24) is 0 Å². The van der Waals surface area contributed by atoms with Gasteiger partial charge in [-0.05, 0) is 78.6 Å². The molecule has 1 atom stereocenters. The number of hydrogen-bond donors (Lipinski definition) is 1. The van der Waals surface area contributed by atoms with Gasteiger partial charge < -0.3 is 0 Å². The minimum Gasteiger partial charge on any atom is -0.0988 e. The van der Waals surface area contributed by atoms with Gasteiger partial charge in [-0.3, -0.25) is 0 Å². The second-order valence-corrected chi connectivity index (χ2v) is 140. The van der Waals surface area contributed by atoms with Gasteiger partial charge in [-0.25, -0.2) is 0 Å². The number of halogens is 1. The van der Waals surface area contributed by atoms with Crippen LogP contribution in [0.4, 0.5) is 0 Å². The molecule has 0 aliphatic carbocycles. The van der Waals surface area contributed by atoms with Crippen molar-refractivity contribution in [3.8, 4) is 0 Å². The summed E-state index contributed by atoms with van der Waals surface area (Å²) in [6.07, 6.45) is 1.12. The summed E-state index contributed by atoms with van der Waals surface area (Å²) in [6, 6.07) is 0. The van der Waals surface area contributed by atoms with Crippen LogP contribution in [-0.2, 0) is 28.2 Å². The molecule has 0 amide bonds. The maximum absolute atomic E-state index is 5.64. The molecule has 73 heavy (non-hydrogen) atoms. The van der Waals surface area contributed by atoms with Crippen molar-refractivity contribution in [3.63, 3.8) is 0 Å². The van der Waals surface area contributed by atoms with E-state index in [1.54, 1.807) is 108 Å². The molecule has 0 bridgehead atoms. The summed E-state index contributed by atoms with van der Waals surface area (Å²) in [5.41, 5.74) is 0. The monoisotopic (exact) mass is 2390 g/mol. The molecular weight excluding hydrogens is 2390 g/mol. The number of rotatable bonds is 65. The molecule has 1 unspecified atom stereocenters. The van der Waals surface area contributed by atoms with Gasteiger partial charge in [0.05, 0.1) is 0 Å². The van der Waals surface area contributed by atoms with Crippen LogP contribution in [0.5, 0.6) is 0 Å². The molecule has 0 rings (SSSR count). The van der Waals surface area contributed by atoms with Gasteiger partial charge >= 0.3 is 165 Å². The van der Waals surface area contributed by atoms with Crippen LogP contribution in [0.2, 0.25) is 0 Å². The van der Waals surface area contributed by atoms with E-state index in [9.17, 15) is 0 Å². The molecule has 0 radical (unpaired) electrons. The second kappa shape index (κ2) is 89.3. The summed E-state index contributed by atoms with van der Waals surface area (Å²) in [4.78, 5) is 0. The van der Waals surface area contributed by atoms with E-state index in [2.05, 4.69) is 39.9 Å². The van der Waals surface area contributed by atoms with E-state index in [1.165, 1.54) is 9.83 Å². The van der Waals surface area contributed by atoms with Crippen LogP contribution in [0.15, 0.2) is 0 Å². The summed E-state index contributed by atoms with van der Waals surface area (Å²) < 4.78 is -0.223. The van der Waals surface area contributed by atoms with Gasteiger partial charge in [-0.15, -0.1) is 0 Å². The van der Waals surface area contributed by atoms with E-state index in [-0.39, 0.29) is 4.07 Å². The predicted molar refractivity (Wildman–Crippen MR) is 556 cm³/mol. The van der Waals surface area contributed by atoms with Crippen molar-refractivity contribution >= 4 is 704 Å². The molecule has 0 aliphatic rings. The number of thiol groups is 1. The van der Waals surface area contributed by atoms with Crippen molar-refractivity contribution in [3.05, 3.63) is 0 Å². The Morgan fingerprint density at radius 3 is 0.466 bits per heavy atom. The van der Waals surface area contributed by atoms with E-state index in [0.29, 0.717) is 0 Å². The van der Waals surface area contributed by atoms with Crippen molar-refractivity contribution in [1.29, 1.82) is 0 Å². The SMILES string of the molecule is CCP(#I)S(=S)(=S)SSSSSSSSSSSSSSSSSSSSSSSSSSSSSSSSSSSSSSSSSSSSSSSSSSSSSSSSSSSSSSSSSS. The smallest absolute Gasteiger partial charge is 0.0988 e. The molecule has 0 N–H and O–H groups in total. The Labute approximate surface area is 696 Å². The average molecular weight is 2400 g/mol. The van der Waals surface area contributed by atoms with Crippen LogP contribution in [0, 0.1) is 0 Å². The van der Waals surface area contributed by atoms with Crippen molar-refractivity contribution in [2.24, 2.45) is 0 Å². The van der Waals surface area contributed by atoms with Crippen molar-refractivity contribution in [2.75, 3.05) is 6.16 Å². The summed E-state index contributed by atoms with van der Waals surface area (Å²) in [7, 11) is 118. The zero-order chi connectivity index (χ0) is 52.7. The first-order valence-corrected chi connectivity index (χ1v) is 109. The van der Waals surface area contributed by atoms with E-state index in [0.717, 1.165) is 6.16 Å². The van der Waals surface area contributed by atoms with Gasteiger partial charge in [0.1, 0.15) is 0 Å². The zero-order valence-electron chi connectivity index (χ0n) is 30.7. The first kappa shape index (κ1) is 97.9. The molecule has 0 aliphatic heterocycles. The molecule has 0 spiro atoms. The zero-order valence-corrected chi connectivity index (χ0v) is 90.2. The van der Waals surface area contributed by atoms with Crippen molar-refractivity contribution < 1.29 is 0 Å². The van der Waals surface area contributed by atoms with Crippen LogP contribution in [0.3, 0.4) is 0 Å². The minimum absolute atomic E-state index is 0.223. The molecule has 0 saturated carbocycles. The molecule has 71 heteroatoms. The third-order valence-corrected chi connectivity index (χ3v) is 174. The molecule has 0 heterocycles. The van der Waals surface area contributed by atoms with Crippen molar-refractivity contribution in [2.45, 2.75) is 6.92 Å². The fourth-order valence-corrected chi connectivity index (χ4v) is 195. The second-order valence-electron chi connectivity index (χ2n) is 5.49. The number of hydrogen-bond acceptors (Lipinski definition) is 68. The molecule has 0 fully saturated rings. The minimum atomic E-state index is -1.34. The van der Waals surface area contributed by atoms with E-state index >= 15 is 0 Å². The first-order valence-electron chi connectivity index (χ1n) is 12.7. The Bertz CT molecular complexity index is 1170. The van der Waals surface area contributed by atoms with Gasteiger partial charge in [0.2, 0.25) is 0 Å². The van der Waals surface area contributed by atoms with Gasteiger partial charge in [0.25, 0.3) is 0 Å². The molecule has 0 nitrogen and oxygen atoms in total. The summed E-state index contributed by atoms with van der Waals surface area (Å²) in [6.45, 7) is 2.19. The first-order chi connectivity index (χ1) is 36.0.